The number of halogens is 1. The van der Waals surface area contributed by atoms with Crippen LogP contribution in [0, 0.1) is 0 Å². The number of nitrogens with one attached hydrogen (secondary N) is 1. The molecule has 174 valence electrons. The lowest BCUT2D eigenvalue weighted by molar-refractivity contribution is -0.134. The fraction of sp³-hybridized carbons (Fsp3) is 0.125. The number of amides is 1. The summed E-state index contributed by atoms with van der Waals surface area (Å²) < 4.78 is 34.8. The van der Waals surface area contributed by atoms with Crippen LogP contribution in [0.25, 0.3) is 11.0 Å². The van der Waals surface area contributed by atoms with Crippen LogP contribution in [0.15, 0.2) is 83.8 Å². The molecule has 0 saturated heterocycles. The SMILES string of the molecule is CCC(Oc1nc2ccccc2nc1NS(=O)(=O)c1ccccc1Cl)(C(N)=O)c1ccccc1. The maximum atomic E-state index is 13.1. The van der Waals surface area contributed by atoms with Crippen LogP contribution in [0.1, 0.15) is 18.9 Å². The number of aromatic nitrogens is 2. The van der Waals surface area contributed by atoms with E-state index < -0.39 is 21.5 Å². The number of nitrogens with zero attached hydrogens (tertiary/aromatic N) is 2. The number of fused-ring (bicyclic) bond motifs is 1. The van der Waals surface area contributed by atoms with E-state index in [4.69, 9.17) is 22.1 Å². The van der Waals surface area contributed by atoms with Crippen molar-refractivity contribution < 1.29 is 17.9 Å². The lowest BCUT2D eigenvalue weighted by Gasteiger charge is -2.31. The van der Waals surface area contributed by atoms with Crippen LogP contribution in [0.4, 0.5) is 5.82 Å². The Kier molecular flexibility index (Phi) is 6.41. The molecule has 0 spiro atoms. The van der Waals surface area contributed by atoms with E-state index in [0.717, 1.165) is 0 Å². The molecule has 8 nitrogen and oxygen atoms in total. The van der Waals surface area contributed by atoms with Gasteiger partial charge in [0.25, 0.3) is 21.8 Å². The fourth-order valence-electron chi connectivity index (χ4n) is 3.54. The average Bonchev–Trinajstić information content (AvgIpc) is 2.83. The maximum Gasteiger partial charge on any atom is 0.266 e. The summed E-state index contributed by atoms with van der Waals surface area (Å²) in [7, 11) is -4.16. The molecule has 10 heteroatoms. The first kappa shape index (κ1) is 23.5. The molecule has 0 aliphatic rings. The third-order valence-electron chi connectivity index (χ3n) is 5.30. The molecular weight excluding hydrogens is 476 g/mol. The second-order valence-electron chi connectivity index (χ2n) is 7.41. The number of ether oxygens (including phenoxy) is 1. The molecule has 4 aromatic rings. The van der Waals surface area contributed by atoms with Crippen molar-refractivity contribution in [3.63, 3.8) is 0 Å². The van der Waals surface area contributed by atoms with E-state index >= 15 is 0 Å². The second-order valence-corrected chi connectivity index (χ2v) is 9.47. The molecule has 3 aromatic carbocycles. The highest BCUT2D eigenvalue weighted by Crippen LogP contribution is 2.35. The van der Waals surface area contributed by atoms with Crippen LogP contribution in [-0.2, 0) is 20.4 Å². The minimum absolute atomic E-state index is 0.0375. The molecule has 0 aliphatic carbocycles. The van der Waals surface area contributed by atoms with Crippen LogP contribution in [0.2, 0.25) is 5.02 Å². The highest BCUT2D eigenvalue weighted by atomic mass is 35.5. The van der Waals surface area contributed by atoms with Crippen molar-refractivity contribution in [1.29, 1.82) is 0 Å². The van der Waals surface area contributed by atoms with Gasteiger partial charge in [0.05, 0.1) is 16.1 Å². The van der Waals surface area contributed by atoms with Crippen molar-refractivity contribution in [3.05, 3.63) is 89.4 Å². The molecule has 1 heterocycles. The summed E-state index contributed by atoms with van der Waals surface area (Å²) in [5.74, 6) is -1.15. The molecule has 0 fully saturated rings. The largest absolute Gasteiger partial charge is 0.453 e. The predicted molar refractivity (Wildman–Crippen MR) is 130 cm³/mol. The van der Waals surface area contributed by atoms with E-state index in [1.807, 2.05) is 0 Å². The van der Waals surface area contributed by atoms with Gasteiger partial charge < -0.3 is 10.5 Å². The van der Waals surface area contributed by atoms with Crippen molar-refractivity contribution in [3.8, 4) is 5.88 Å². The second kappa shape index (κ2) is 9.28. The smallest absolute Gasteiger partial charge is 0.266 e. The molecule has 0 radical (unpaired) electrons. The third kappa shape index (κ3) is 4.40. The van der Waals surface area contributed by atoms with Crippen molar-refractivity contribution in [2.45, 2.75) is 23.8 Å². The molecule has 3 N–H and O–H groups in total. The van der Waals surface area contributed by atoms with Crippen LogP contribution in [-0.4, -0.2) is 24.3 Å². The number of nitrogens with two attached hydrogens (primary N) is 1. The van der Waals surface area contributed by atoms with Gasteiger partial charge in [0.15, 0.2) is 0 Å². The van der Waals surface area contributed by atoms with E-state index in [1.54, 1.807) is 73.7 Å². The van der Waals surface area contributed by atoms with Gasteiger partial charge in [-0.2, -0.15) is 0 Å². The molecule has 0 aliphatic heterocycles. The maximum absolute atomic E-state index is 13.1. The van der Waals surface area contributed by atoms with E-state index in [0.29, 0.717) is 16.6 Å². The van der Waals surface area contributed by atoms with Crippen molar-refractivity contribution in [1.82, 2.24) is 9.97 Å². The number of carbonyl (C=O) groups excluding carboxylic acids is 1. The van der Waals surface area contributed by atoms with Gasteiger partial charge in [-0.3, -0.25) is 9.52 Å². The van der Waals surface area contributed by atoms with Gasteiger partial charge in [-0.1, -0.05) is 73.1 Å². The third-order valence-corrected chi connectivity index (χ3v) is 7.14. The zero-order valence-electron chi connectivity index (χ0n) is 18.1. The van der Waals surface area contributed by atoms with Gasteiger partial charge in [-0.15, -0.1) is 0 Å². The highest BCUT2D eigenvalue weighted by molar-refractivity contribution is 7.92. The van der Waals surface area contributed by atoms with Gasteiger partial charge in [0, 0.05) is 5.56 Å². The number of sulfonamides is 1. The summed E-state index contributed by atoms with van der Waals surface area (Å²) in [6, 6.07) is 21.6. The van der Waals surface area contributed by atoms with Crippen molar-refractivity contribution in [2.75, 3.05) is 4.72 Å². The number of carbonyl (C=O) groups is 1. The Bertz CT molecular complexity index is 1460. The zero-order chi connectivity index (χ0) is 24.3. The number of benzene rings is 3. The van der Waals surface area contributed by atoms with Gasteiger partial charge in [0.1, 0.15) is 4.90 Å². The summed E-state index contributed by atoms with van der Waals surface area (Å²) in [5.41, 5.74) is 5.56. The normalized spacial score (nSPS) is 13.2. The fourth-order valence-corrected chi connectivity index (χ4v) is 5.06. The summed E-state index contributed by atoms with van der Waals surface area (Å²) in [6.45, 7) is 1.74. The first-order chi connectivity index (χ1) is 16.3. The van der Waals surface area contributed by atoms with E-state index in [1.165, 1.54) is 12.1 Å². The molecule has 0 saturated carbocycles. The summed E-state index contributed by atoms with van der Waals surface area (Å²) in [6.07, 6.45) is 0.164. The van der Waals surface area contributed by atoms with Crippen LogP contribution in [0.5, 0.6) is 5.88 Å². The van der Waals surface area contributed by atoms with Crippen LogP contribution in [0.3, 0.4) is 0 Å². The molecule has 1 unspecified atom stereocenters. The van der Waals surface area contributed by atoms with Gasteiger partial charge in [-0.25, -0.2) is 18.4 Å². The average molecular weight is 497 g/mol. The quantitative estimate of drug-likeness (QED) is 0.375. The Morgan fingerprint density at radius 3 is 2.18 bits per heavy atom. The number of rotatable bonds is 8. The first-order valence-electron chi connectivity index (χ1n) is 10.4. The lowest BCUT2D eigenvalue weighted by Crippen LogP contribution is -2.46. The van der Waals surface area contributed by atoms with Gasteiger partial charge in [-0.05, 0) is 30.7 Å². The molecule has 1 amide bonds. The van der Waals surface area contributed by atoms with Crippen molar-refractivity contribution >= 4 is 44.4 Å². The highest BCUT2D eigenvalue weighted by Gasteiger charge is 2.41. The Morgan fingerprint density at radius 2 is 1.56 bits per heavy atom. The Morgan fingerprint density at radius 1 is 0.971 bits per heavy atom. The minimum Gasteiger partial charge on any atom is -0.453 e. The molecule has 34 heavy (non-hydrogen) atoms. The molecular formula is C24H21ClN4O4S. The summed E-state index contributed by atoms with van der Waals surface area (Å²) in [4.78, 5) is 21.4. The number of primary amides is 1. The summed E-state index contributed by atoms with van der Waals surface area (Å²) in [5, 5.41) is 0.0375. The van der Waals surface area contributed by atoms with E-state index in [2.05, 4.69) is 14.7 Å². The zero-order valence-corrected chi connectivity index (χ0v) is 19.7. The number of hydrogen-bond acceptors (Lipinski definition) is 6. The van der Waals surface area contributed by atoms with Crippen LogP contribution < -0.4 is 15.2 Å². The van der Waals surface area contributed by atoms with Crippen molar-refractivity contribution in [2.24, 2.45) is 5.73 Å². The first-order valence-corrected chi connectivity index (χ1v) is 12.2. The summed E-state index contributed by atoms with van der Waals surface area (Å²) >= 11 is 6.11. The Hall–Kier alpha value is -3.69. The Balaban J connectivity index is 1.88. The number of hydrogen-bond donors (Lipinski definition) is 2. The van der Waals surface area contributed by atoms with Crippen LogP contribution >= 0.6 is 11.6 Å². The van der Waals surface area contributed by atoms with Gasteiger partial charge in [0.2, 0.25) is 11.4 Å². The number of para-hydroxylation sites is 2. The van der Waals surface area contributed by atoms with E-state index in [9.17, 15) is 13.2 Å². The Labute approximate surface area is 201 Å². The van der Waals surface area contributed by atoms with Gasteiger partial charge >= 0.3 is 0 Å². The van der Waals surface area contributed by atoms with E-state index in [-0.39, 0.29) is 28.0 Å². The monoisotopic (exact) mass is 496 g/mol. The number of anilines is 1. The molecule has 4 rings (SSSR count). The molecule has 1 atom stereocenters. The predicted octanol–water partition coefficient (Wildman–Crippen LogP) is 4.25. The molecule has 1 aromatic heterocycles. The molecule has 0 bridgehead atoms. The minimum atomic E-state index is -4.16. The lowest BCUT2D eigenvalue weighted by atomic mass is 9.90. The standard InChI is InChI=1S/C24H21ClN4O4S/c1-2-24(23(26)30,16-10-4-3-5-11-16)33-22-21(27-18-13-7-8-14-19(18)28-22)29-34(31,32)20-15-9-6-12-17(20)25/h3-15H,2H2,1H3,(H2,26,30)(H,27,29). The topological polar surface area (TPSA) is 124 Å².